The molecule has 2 nitrogen and oxygen atoms in total. The Morgan fingerprint density at radius 1 is 0.250 bits per heavy atom. The van der Waals surface area contributed by atoms with Crippen LogP contribution in [0.4, 0.5) is 0 Å². The first-order valence-corrected chi connectivity index (χ1v) is 32.0. The first-order chi connectivity index (χ1) is 33.8. The number of unbranched alkanes of at least 4 members (excludes halogenated alkanes) is 51. The molecule has 1 aromatic rings. The van der Waals surface area contributed by atoms with Gasteiger partial charge in [-0.25, -0.2) is 0 Å². The summed E-state index contributed by atoms with van der Waals surface area (Å²) in [6.07, 6.45) is 77.7. The molecule has 0 spiro atoms. The maximum atomic E-state index is 6.29. The average Bonchev–Trinajstić information content (AvgIpc) is 3.35. The third-order valence-electron chi connectivity index (χ3n) is 15.2. The summed E-state index contributed by atoms with van der Waals surface area (Å²) in [5.74, 6) is 1.98. The molecule has 0 atom stereocenters. The van der Waals surface area contributed by atoms with Crippen LogP contribution in [0.15, 0.2) is 18.2 Å². The Morgan fingerprint density at radius 3 is 0.632 bits per heavy atom. The molecule has 0 unspecified atom stereocenters. The van der Waals surface area contributed by atoms with Gasteiger partial charge in [0.1, 0.15) is 11.5 Å². The lowest BCUT2D eigenvalue weighted by atomic mass is 10.0. The number of ether oxygens (including phenoxy) is 2. The van der Waals surface area contributed by atoms with E-state index in [2.05, 4.69) is 39.0 Å². The summed E-state index contributed by atoms with van der Waals surface area (Å²) >= 11 is 0. The molecule has 0 saturated heterocycles. The van der Waals surface area contributed by atoms with Crippen molar-refractivity contribution >= 4 is 0 Å². The van der Waals surface area contributed by atoms with E-state index in [-0.39, 0.29) is 0 Å². The lowest BCUT2D eigenvalue weighted by Gasteiger charge is -2.13. The summed E-state index contributed by atoms with van der Waals surface area (Å²) in [4.78, 5) is 0. The van der Waals surface area contributed by atoms with Crippen molar-refractivity contribution in [3.63, 3.8) is 0 Å². The van der Waals surface area contributed by atoms with Crippen molar-refractivity contribution in [3.05, 3.63) is 30.7 Å². The standard InChI is InChI=1S/C66H125O2/c1-4-7-10-12-14-16-18-20-22-24-26-28-30-32-34-36-38-40-42-44-46-48-50-52-54-56-59-67-65-61-64(58-9-6-3)62-66(63-65)68-60-57-55-53-51-49-47-45-43-41-39-37-35-33-31-29-27-25-23-21-19-17-15-13-11-8-5-2/h61-63H,3-60H2,1-2H3. The van der Waals surface area contributed by atoms with Crippen molar-refractivity contribution in [1.82, 2.24) is 0 Å². The molecule has 0 heterocycles. The summed E-state index contributed by atoms with van der Waals surface area (Å²) in [5.41, 5.74) is 1.33. The Bertz CT molecular complexity index is 989. The summed E-state index contributed by atoms with van der Waals surface area (Å²) < 4.78 is 12.6. The third kappa shape index (κ3) is 49.8. The van der Waals surface area contributed by atoms with Crippen LogP contribution in [0.2, 0.25) is 0 Å². The summed E-state index contributed by atoms with van der Waals surface area (Å²) in [6, 6.07) is 6.61. The second kappa shape index (κ2) is 56.7. The van der Waals surface area contributed by atoms with Gasteiger partial charge in [0.15, 0.2) is 0 Å². The van der Waals surface area contributed by atoms with Gasteiger partial charge in [-0.1, -0.05) is 348 Å². The molecular weight excluding hydrogens is 825 g/mol. The molecule has 0 bridgehead atoms. The van der Waals surface area contributed by atoms with E-state index in [0.717, 1.165) is 56.8 Å². The van der Waals surface area contributed by atoms with E-state index >= 15 is 0 Å². The Kier molecular flexibility index (Phi) is 54.1. The lowest BCUT2D eigenvalue weighted by molar-refractivity contribution is 0.289. The van der Waals surface area contributed by atoms with Gasteiger partial charge in [-0.05, 0) is 43.4 Å². The van der Waals surface area contributed by atoms with Crippen molar-refractivity contribution in [1.29, 1.82) is 0 Å². The normalized spacial score (nSPS) is 11.6. The highest BCUT2D eigenvalue weighted by Crippen LogP contribution is 2.26. The molecule has 68 heavy (non-hydrogen) atoms. The van der Waals surface area contributed by atoms with Crippen molar-refractivity contribution in [3.8, 4) is 11.5 Å². The summed E-state index contributed by atoms with van der Waals surface area (Å²) in [7, 11) is 0. The molecule has 0 amide bonds. The molecule has 1 radical (unpaired) electrons. The first kappa shape index (κ1) is 64.8. The van der Waals surface area contributed by atoms with Crippen LogP contribution in [0.3, 0.4) is 0 Å². The first-order valence-electron chi connectivity index (χ1n) is 32.0. The smallest absolute Gasteiger partial charge is 0.123 e. The fourth-order valence-electron chi connectivity index (χ4n) is 10.5. The SMILES string of the molecule is [CH2]CCCc1cc(OCCCCCCCCCCCCCCCCCCCCCCCCCCCC)cc(OCCCCCCCCCCCCCCCCCCCCCCCCCCCC)c1. The molecule has 0 aliphatic heterocycles. The zero-order valence-electron chi connectivity index (χ0n) is 47.1. The molecule has 0 saturated carbocycles. The molecule has 0 aliphatic carbocycles. The van der Waals surface area contributed by atoms with E-state index in [1.807, 2.05) is 0 Å². The minimum atomic E-state index is 0.817. The summed E-state index contributed by atoms with van der Waals surface area (Å²) in [5, 5.41) is 0. The van der Waals surface area contributed by atoms with E-state index in [4.69, 9.17) is 9.47 Å². The van der Waals surface area contributed by atoms with Gasteiger partial charge >= 0.3 is 0 Å². The van der Waals surface area contributed by atoms with Crippen molar-refractivity contribution < 1.29 is 9.47 Å². The molecule has 2 heteroatoms. The van der Waals surface area contributed by atoms with E-state index in [0.29, 0.717) is 0 Å². The number of benzene rings is 1. The molecule has 0 aromatic heterocycles. The van der Waals surface area contributed by atoms with Crippen molar-refractivity contribution in [2.45, 2.75) is 367 Å². The lowest BCUT2D eigenvalue weighted by Crippen LogP contribution is -2.01. The quantitative estimate of drug-likeness (QED) is 0.0606. The molecule has 0 aliphatic rings. The maximum absolute atomic E-state index is 6.29. The highest BCUT2D eigenvalue weighted by Gasteiger charge is 2.06. The molecule has 401 valence electrons. The van der Waals surface area contributed by atoms with Crippen LogP contribution >= 0.6 is 0 Å². The van der Waals surface area contributed by atoms with Gasteiger partial charge in [0.05, 0.1) is 13.2 Å². The number of hydrogen-bond acceptors (Lipinski definition) is 2. The van der Waals surface area contributed by atoms with Crippen LogP contribution < -0.4 is 9.47 Å². The van der Waals surface area contributed by atoms with Crippen LogP contribution in [0, 0.1) is 6.92 Å². The molecule has 1 aromatic carbocycles. The highest BCUT2D eigenvalue weighted by atomic mass is 16.5. The van der Waals surface area contributed by atoms with E-state index < -0.39 is 0 Å². The van der Waals surface area contributed by atoms with Gasteiger partial charge in [0.25, 0.3) is 0 Å². The average molecular weight is 951 g/mol. The predicted octanol–water partition coefficient (Wildman–Crippen LogP) is 23.9. The second-order valence-corrected chi connectivity index (χ2v) is 22.1. The predicted molar refractivity (Wildman–Crippen MR) is 307 cm³/mol. The fraction of sp³-hybridized carbons (Fsp3) is 0.894. The largest absolute Gasteiger partial charge is 0.493 e. The number of rotatable bonds is 59. The minimum Gasteiger partial charge on any atom is -0.493 e. The number of aryl methyl sites for hydroxylation is 1. The van der Waals surface area contributed by atoms with E-state index in [1.165, 1.54) is 327 Å². The second-order valence-electron chi connectivity index (χ2n) is 22.1. The third-order valence-corrected chi connectivity index (χ3v) is 15.2. The molecule has 0 fully saturated rings. The van der Waals surface area contributed by atoms with E-state index in [9.17, 15) is 0 Å². The Labute approximate surface area is 430 Å². The molecular formula is C66H125O2. The zero-order chi connectivity index (χ0) is 48.6. The molecule has 1 rings (SSSR count). The van der Waals surface area contributed by atoms with Crippen LogP contribution in [-0.2, 0) is 6.42 Å². The van der Waals surface area contributed by atoms with Crippen LogP contribution in [0.5, 0.6) is 11.5 Å². The van der Waals surface area contributed by atoms with Gasteiger partial charge in [-0.3, -0.25) is 0 Å². The fourth-order valence-corrected chi connectivity index (χ4v) is 10.5. The van der Waals surface area contributed by atoms with Crippen molar-refractivity contribution in [2.24, 2.45) is 0 Å². The van der Waals surface area contributed by atoms with Gasteiger partial charge in [-0.2, -0.15) is 0 Å². The van der Waals surface area contributed by atoms with Gasteiger partial charge in [-0.15, -0.1) is 0 Å². The van der Waals surface area contributed by atoms with E-state index in [1.54, 1.807) is 0 Å². The Balaban J connectivity index is 1.90. The highest BCUT2D eigenvalue weighted by molar-refractivity contribution is 5.38. The topological polar surface area (TPSA) is 18.5 Å². The zero-order valence-corrected chi connectivity index (χ0v) is 47.1. The van der Waals surface area contributed by atoms with Gasteiger partial charge < -0.3 is 9.47 Å². The Morgan fingerprint density at radius 2 is 0.441 bits per heavy atom. The summed E-state index contributed by atoms with van der Waals surface area (Å²) in [6.45, 7) is 10.3. The van der Waals surface area contributed by atoms with Gasteiger partial charge in [0.2, 0.25) is 0 Å². The van der Waals surface area contributed by atoms with Crippen LogP contribution in [0.1, 0.15) is 366 Å². The molecule has 0 N–H and O–H groups in total. The van der Waals surface area contributed by atoms with Gasteiger partial charge in [0, 0.05) is 6.07 Å². The maximum Gasteiger partial charge on any atom is 0.123 e. The minimum absolute atomic E-state index is 0.817. The monoisotopic (exact) mass is 950 g/mol. The number of hydrogen-bond donors (Lipinski definition) is 0. The van der Waals surface area contributed by atoms with Crippen LogP contribution in [0.25, 0.3) is 0 Å². The Hall–Kier alpha value is -1.18. The van der Waals surface area contributed by atoms with Crippen molar-refractivity contribution in [2.75, 3.05) is 13.2 Å². The van der Waals surface area contributed by atoms with Crippen LogP contribution in [-0.4, -0.2) is 13.2 Å².